The van der Waals surface area contributed by atoms with E-state index in [1.807, 2.05) is 0 Å². The smallest absolute Gasteiger partial charge is 0.463 e. The first-order valence-electron chi connectivity index (χ1n) is 51.4. The number of unbranched alkanes of at least 4 members (excludes halogenated alkanes) is 46. The Balaban J connectivity index is 4.55. The van der Waals surface area contributed by atoms with E-state index in [2.05, 4.69) is 191 Å². The molecule has 0 aliphatic carbocycles. The lowest BCUT2D eigenvalue weighted by molar-refractivity contribution is -0.161. The summed E-state index contributed by atoms with van der Waals surface area (Å²) in [6.07, 6.45) is 131. The Morgan fingerprint density at radius 3 is 0.661 bits per heavy atom. The third-order valence-corrected chi connectivity index (χ3v) is 23.8. The molecule has 4 N–H and O–H groups in total. The van der Waals surface area contributed by atoms with E-state index in [0.717, 1.165) is 161 Å². The molecule has 127 heavy (non-hydrogen) atoms. The van der Waals surface area contributed by atoms with E-state index >= 15 is 0 Å². The number of hydrogen-bond acceptors (Lipinski definition) is 14. The summed E-state index contributed by atoms with van der Waals surface area (Å²) < 4.78 is 61.7. The van der Waals surface area contributed by atoms with Crippen LogP contribution in [0.1, 0.15) is 445 Å². The molecule has 5 unspecified atom stereocenters. The number of rotatable bonds is 97. The molecular formula is C109H188O16P2. The highest BCUT2D eigenvalue weighted by molar-refractivity contribution is 7.47. The zero-order chi connectivity index (χ0) is 92.1. The van der Waals surface area contributed by atoms with Crippen molar-refractivity contribution in [2.45, 2.75) is 463 Å². The second-order valence-corrected chi connectivity index (χ2v) is 37.2. The molecule has 0 aliphatic rings. The quantitative estimate of drug-likeness (QED) is 0.0146. The Hall–Kier alpha value is -5.09. The van der Waals surface area contributed by atoms with Gasteiger partial charge >= 0.3 is 33.6 Å². The lowest BCUT2D eigenvalue weighted by atomic mass is 10.0. The number of aliphatic hydroxyl groups is 2. The highest BCUT2D eigenvalue weighted by atomic mass is 31.2. The molecule has 16 nitrogen and oxygen atoms in total. The fourth-order valence-corrected chi connectivity index (χ4v) is 15.7. The van der Waals surface area contributed by atoms with Crippen LogP contribution >= 0.6 is 15.6 Å². The van der Waals surface area contributed by atoms with Crippen LogP contribution < -0.4 is 0 Å². The lowest BCUT2D eigenvalue weighted by Gasteiger charge is -2.21. The van der Waals surface area contributed by atoms with Gasteiger partial charge in [0.15, 0.2) is 6.10 Å². The molecule has 0 aliphatic heterocycles. The molecule has 0 aromatic rings. The topological polar surface area (TPSA) is 231 Å². The van der Waals surface area contributed by atoms with Gasteiger partial charge in [-0.2, -0.15) is 0 Å². The van der Waals surface area contributed by atoms with Crippen molar-refractivity contribution in [3.63, 3.8) is 0 Å². The first-order valence-corrected chi connectivity index (χ1v) is 54.4. The minimum atomic E-state index is -4.95. The van der Waals surface area contributed by atoms with Crippen molar-refractivity contribution in [3.05, 3.63) is 170 Å². The molecule has 0 radical (unpaired) electrons. The van der Waals surface area contributed by atoms with E-state index in [9.17, 15) is 43.5 Å². The van der Waals surface area contributed by atoms with Crippen LogP contribution in [0.4, 0.5) is 0 Å². The van der Waals surface area contributed by atoms with Crippen LogP contribution in [-0.2, 0) is 55.8 Å². The van der Waals surface area contributed by atoms with Gasteiger partial charge in [-0.15, -0.1) is 0 Å². The second-order valence-electron chi connectivity index (χ2n) is 34.3. The van der Waals surface area contributed by atoms with Crippen molar-refractivity contribution in [1.29, 1.82) is 0 Å². The molecule has 0 saturated heterocycles. The van der Waals surface area contributed by atoms with Crippen molar-refractivity contribution >= 4 is 33.6 Å². The molecule has 0 rings (SSSR count). The van der Waals surface area contributed by atoms with Gasteiger partial charge in [0.2, 0.25) is 0 Å². The van der Waals surface area contributed by atoms with Gasteiger partial charge in [-0.3, -0.25) is 32.5 Å². The summed E-state index contributed by atoms with van der Waals surface area (Å²) in [5.41, 5.74) is 0. The normalized spacial score (nSPS) is 14.4. The number of aliphatic hydroxyl groups excluding tert-OH is 2. The number of esters is 3. The van der Waals surface area contributed by atoms with Gasteiger partial charge in [0.1, 0.15) is 25.4 Å². The summed E-state index contributed by atoms with van der Waals surface area (Å²) >= 11 is 0. The van der Waals surface area contributed by atoms with Crippen molar-refractivity contribution in [2.75, 3.05) is 39.6 Å². The molecule has 0 heterocycles. The summed E-state index contributed by atoms with van der Waals surface area (Å²) in [4.78, 5) is 59.2. The Kier molecular flexibility index (Phi) is 95.9. The van der Waals surface area contributed by atoms with Gasteiger partial charge in [-0.05, 0) is 161 Å². The van der Waals surface area contributed by atoms with E-state index in [0.29, 0.717) is 19.3 Å². The van der Waals surface area contributed by atoms with E-state index < -0.39 is 91.5 Å². The summed E-state index contributed by atoms with van der Waals surface area (Å²) in [5, 5.41) is 20.8. The number of allylic oxidation sites excluding steroid dienone is 28. The standard InChI is InChI=1S/C109H188O16P2/c1-4-7-10-13-16-19-22-25-28-31-34-37-40-42-44-46-48-50-51-53-55-56-58-60-63-65-68-71-74-77-80-83-86-89-92-95-107(112)119-98-104(110)99-121-126(115,116)122-100-105(111)101-123-127(117,118)124-103-106(125-109(114)97-94-91-88-85-82-79-76-73-70-67-62-39-36-33-30-27-24-21-18-15-12-9-6-3)102-120-108(113)96-93-90-87-84-81-78-75-72-69-66-64-61-59-57-54-52-49-47-45-43-41-38-35-32-29-26-23-20-17-14-11-8-5-2/h7,10,16-21,25-30,34-39,42-45,48,50,67,70,104-106,110-111H,4-6,8-9,11-15,22-24,31-33,40-41,46-47,49,51-66,68-69,71-103H2,1-3H3,(H,115,116)(H,117,118)/b10-7-,19-16-,20-17-,21-18-,28-25-,29-26-,30-27-,37-34-,38-35-,39-36-,44-42-,45-43-,50-48-,70-67-. The van der Waals surface area contributed by atoms with Crippen LogP contribution in [0.25, 0.3) is 0 Å². The third kappa shape index (κ3) is 101. The highest BCUT2D eigenvalue weighted by Gasteiger charge is 2.30. The predicted molar refractivity (Wildman–Crippen MR) is 537 cm³/mol. The molecule has 0 aromatic heterocycles. The van der Waals surface area contributed by atoms with Gasteiger partial charge in [-0.25, -0.2) is 9.13 Å². The molecule has 0 amide bonds. The molecule has 0 fully saturated rings. The van der Waals surface area contributed by atoms with E-state index in [1.54, 1.807) is 0 Å². The van der Waals surface area contributed by atoms with E-state index in [-0.39, 0.29) is 19.3 Å². The summed E-state index contributed by atoms with van der Waals surface area (Å²) in [6, 6.07) is 0. The zero-order valence-electron chi connectivity index (χ0n) is 80.9. The fourth-order valence-electron chi connectivity index (χ4n) is 14.1. The minimum Gasteiger partial charge on any atom is -0.463 e. The second kappa shape index (κ2) is 99.9. The molecule has 730 valence electrons. The number of carbonyl (C=O) groups excluding carboxylic acids is 3. The molecule has 5 atom stereocenters. The largest absolute Gasteiger partial charge is 0.472 e. The van der Waals surface area contributed by atoms with Gasteiger partial charge < -0.3 is 34.2 Å². The molecule has 18 heteroatoms. The highest BCUT2D eigenvalue weighted by Crippen LogP contribution is 2.45. The fraction of sp³-hybridized carbons (Fsp3) is 0.716. The van der Waals surface area contributed by atoms with Gasteiger partial charge in [0.25, 0.3) is 0 Å². The molecule has 0 aromatic carbocycles. The van der Waals surface area contributed by atoms with E-state index in [4.69, 9.17) is 32.3 Å². The zero-order valence-corrected chi connectivity index (χ0v) is 82.7. The van der Waals surface area contributed by atoms with Crippen LogP contribution in [0.3, 0.4) is 0 Å². The number of hydrogen-bond donors (Lipinski definition) is 4. The third-order valence-electron chi connectivity index (χ3n) is 21.9. The van der Waals surface area contributed by atoms with Gasteiger partial charge in [-0.1, -0.05) is 435 Å². The number of carbonyl (C=O) groups is 3. The van der Waals surface area contributed by atoms with Gasteiger partial charge in [0.05, 0.1) is 26.4 Å². The predicted octanol–water partition coefficient (Wildman–Crippen LogP) is 32.6. The number of ether oxygens (including phenoxy) is 3. The maximum absolute atomic E-state index is 13.1. The average molecular weight is 1820 g/mol. The molecular weight excluding hydrogens is 1630 g/mol. The number of phosphoric acid groups is 2. The first-order chi connectivity index (χ1) is 62.2. The van der Waals surface area contributed by atoms with Crippen molar-refractivity contribution in [2.24, 2.45) is 0 Å². The molecule has 0 saturated carbocycles. The van der Waals surface area contributed by atoms with Crippen LogP contribution in [0, 0.1) is 0 Å². The Morgan fingerprint density at radius 1 is 0.228 bits per heavy atom. The average Bonchev–Trinajstić information content (AvgIpc) is 0.899. The van der Waals surface area contributed by atoms with Crippen molar-refractivity contribution in [3.8, 4) is 0 Å². The maximum Gasteiger partial charge on any atom is 0.472 e. The van der Waals surface area contributed by atoms with Crippen LogP contribution in [0.5, 0.6) is 0 Å². The summed E-state index contributed by atoms with van der Waals surface area (Å²) in [5.74, 6) is -1.57. The lowest BCUT2D eigenvalue weighted by Crippen LogP contribution is -2.30. The molecule has 0 spiro atoms. The van der Waals surface area contributed by atoms with Crippen LogP contribution in [-0.4, -0.2) is 95.9 Å². The van der Waals surface area contributed by atoms with Crippen LogP contribution in [0.2, 0.25) is 0 Å². The van der Waals surface area contributed by atoms with Gasteiger partial charge in [0, 0.05) is 19.3 Å². The minimum absolute atomic E-state index is 0.0906. The monoisotopic (exact) mass is 1820 g/mol. The number of phosphoric ester groups is 2. The summed E-state index contributed by atoms with van der Waals surface area (Å²) in [6.45, 7) is 2.57. The maximum atomic E-state index is 13.1. The van der Waals surface area contributed by atoms with Crippen LogP contribution in [0.15, 0.2) is 170 Å². The first kappa shape index (κ1) is 122. The van der Waals surface area contributed by atoms with E-state index in [1.165, 1.54) is 225 Å². The Bertz CT molecular complexity index is 2990. The van der Waals surface area contributed by atoms with Crippen molar-refractivity contribution < 1.29 is 75.8 Å². The van der Waals surface area contributed by atoms with Crippen molar-refractivity contribution in [1.82, 2.24) is 0 Å². The Morgan fingerprint density at radius 2 is 0.417 bits per heavy atom. The SMILES string of the molecule is CC/C=C\C/C=C\C/C=C\C/C=C\C/C=C\C/C=C\CCCCCCCCCCCCCCCCCCC(=O)OCC(O)COP(=O)(O)OCC(O)COP(=O)(O)OCC(COC(=O)CCCCCCCCCCCCCCCCCCC/C=C\C/C=C\C/C=C\C/C=C\CCCCC)OC(=O)CCCCCCCCC/C=C\C/C=C\C/C=C\C/C=C\CCCCC. The Labute approximate surface area is 777 Å². The molecule has 0 bridgehead atoms. The summed E-state index contributed by atoms with van der Waals surface area (Å²) in [7, 11) is -9.82.